The number of hydrogen-bond donors (Lipinski definition) is 1. The van der Waals surface area contributed by atoms with Crippen LogP contribution in [-0.4, -0.2) is 30.1 Å². The molecule has 3 rings (SSSR count). The maximum atomic E-state index is 13.3. The third kappa shape index (κ3) is 2.35. The molecule has 2 fully saturated rings. The highest BCUT2D eigenvalue weighted by Crippen LogP contribution is 2.36. The number of anilines is 1. The number of halogens is 1. The second-order valence-electron chi connectivity index (χ2n) is 5.50. The van der Waals surface area contributed by atoms with Gasteiger partial charge in [-0.2, -0.15) is 0 Å². The van der Waals surface area contributed by atoms with E-state index in [2.05, 4.69) is 10.2 Å². The summed E-state index contributed by atoms with van der Waals surface area (Å²) < 4.78 is 13.3. The summed E-state index contributed by atoms with van der Waals surface area (Å²) in [6.07, 6.45) is 4.32. The lowest BCUT2D eigenvalue weighted by Crippen LogP contribution is -2.44. The normalized spacial score (nSPS) is 26.1. The minimum Gasteiger partial charge on any atom is -0.361 e. The van der Waals surface area contributed by atoms with E-state index in [1.165, 1.54) is 6.07 Å². The molecule has 1 aromatic carbocycles. The largest absolute Gasteiger partial charge is 0.361 e. The van der Waals surface area contributed by atoms with Crippen molar-refractivity contribution in [3.63, 3.8) is 0 Å². The molecule has 0 spiro atoms. The van der Waals surface area contributed by atoms with Gasteiger partial charge in [-0.25, -0.2) is 4.39 Å². The summed E-state index contributed by atoms with van der Waals surface area (Å²) in [6.45, 7) is 1.82. The standard InChI is InChI=1S/C14H18FN3O2/c15-10-5-6-13(14(9-10)18(19)20)17-8-2-4-12(17)11-3-1-7-16-11/h5-6,9,11-12,16H,1-4,7-8H2. The number of nitrogens with one attached hydrogen (secondary N) is 1. The van der Waals surface area contributed by atoms with Gasteiger partial charge in [-0.05, 0) is 44.4 Å². The van der Waals surface area contributed by atoms with Crippen LogP contribution < -0.4 is 10.2 Å². The Morgan fingerprint density at radius 3 is 2.90 bits per heavy atom. The molecule has 5 nitrogen and oxygen atoms in total. The molecule has 2 heterocycles. The van der Waals surface area contributed by atoms with Crippen LogP contribution in [0, 0.1) is 15.9 Å². The number of nitrogens with zero attached hydrogens (tertiary/aromatic N) is 2. The second kappa shape index (κ2) is 5.36. The molecule has 1 N–H and O–H groups in total. The van der Waals surface area contributed by atoms with Crippen molar-refractivity contribution in [2.75, 3.05) is 18.0 Å². The molecule has 0 aliphatic carbocycles. The van der Waals surface area contributed by atoms with Gasteiger partial charge >= 0.3 is 0 Å². The second-order valence-corrected chi connectivity index (χ2v) is 5.50. The molecular formula is C14H18FN3O2. The summed E-state index contributed by atoms with van der Waals surface area (Å²) >= 11 is 0. The highest BCUT2D eigenvalue weighted by molar-refractivity contribution is 5.64. The zero-order valence-electron chi connectivity index (χ0n) is 11.2. The molecule has 2 aliphatic rings. The molecule has 1 aromatic rings. The SMILES string of the molecule is O=[N+]([O-])c1cc(F)ccc1N1CCCC1C1CCCN1. The Morgan fingerprint density at radius 1 is 1.35 bits per heavy atom. The summed E-state index contributed by atoms with van der Waals surface area (Å²) in [6, 6.07) is 4.54. The van der Waals surface area contributed by atoms with Gasteiger partial charge in [0.1, 0.15) is 11.5 Å². The van der Waals surface area contributed by atoms with E-state index in [0.29, 0.717) is 11.7 Å². The van der Waals surface area contributed by atoms with E-state index in [1.807, 2.05) is 0 Å². The highest BCUT2D eigenvalue weighted by Gasteiger charge is 2.36. The Kier molecular flexibility index (Phi) is 3.56. The van der Waals surface area contributed by atoms with Crippen molar-refractivity contribution < 1.29 is 9.31 Å². The van der Waals surface area contributed by atoms with E-state index < -0.39 is 10.7 Å². The molecule has 0 radical (unpaired) electrons. The minimum atomic E-state index is -0.560. The first-order chi connectivity index (χ1) is 9.66. The molecule has 0 bridgehead atoms. The van der Waals surface area contributed by atoms with Crippen molar-refractivity contribution in [2.24, 2.45) is 0 Å². The van der Waals surface area contributed by atoms with E-state index in [1.54, 1.807) is 6.07 Å². The Labute approximate surface area is 116 Å². The van der Waals surface area contributed by atoms with Crippen LogP contribution in [0.1, 0.15) is 25.7 Å². The van der Waals surface area contributed by atoms with Gasteiger partial charge in [-0.15, -0.1) is 0 Å². The van der Waals surface area contributed by atoms with E-state index in [9.17, 15) is 14.5 Å². The van der Waals surface area contributed by atoms with Crippen LogP contribution in [0.15, 0.2) is 18.2 Å². The number of nitro groups is 1. The molecule has 0 amide bonds. The van der Waals surface area contributed by atoms with Crippen molar-refractivity contribution >= 4 is 11.4 Å². The summed E-state index contributed by atoms with van der Waals surface area (Å²) in [5.74, 6) is -0.560. The van der Waals surface area contributed by atoms with Crippen molar-refractivity contribution in [2.45, 2.75) is 37.8 Å². The van der Waals surface area contributed by atoms with Gasteiger partial charge < -0.3 is 10.2 Å². The van der Waals surface area contributed by atoms with E-state index >= 15 is 0 Å². The van der Waals surface area contributed by atoms with Crippen LogP contribution in [0.25, 0.3) is 0 Å². The average Bonchev–Trinajstić information content (AvgIpc) is 3.09. The number of rotatable bonds is 3. The fraction of sp³-hybridized carbons (Fsp3) is 0.571. The molecule has 0 aromatic heterocycles. The molecule has 2 atom stereocenters. The van der Waals surface area contributed by atoms with Crippen LogP contribution in [0.5, 0.6) is 0 Å². The van der Waals surface area contributed by atoms with Crippen molar-refractivity contribution in [3.05, 3.63) is 34.1 Å². The van der Waals surface area contributed by atoms with Gasteiger partial charge in [0, 0.05) is 18.6 Å². The summed E-state index contributed by atoms with van der Waals surface area (Å²) in [7, 11) is 0. The van der Waals surface area contributed by atoms with Gasteiger partial charge in [-0.1, -0.05) is 0 Å². The molecule has 2 saturated heterocycles. The topological polar surface area (TPSA) is 58.4 Å². The smallest absolute Gasteiger partial charge is 0.295 e. The van der Waals surface area contributed by atoms with Crippen molar-refractivity contribution in [1.82, 2.24) is 5.32 Å². The van der Waals surface area contributed by atoms with Crippen LogP contribution in [-0.2, 0) is 0 Å². The predicted molar refractivity (Wildman–Crippen MR) is 74.4 cm³/mol. The zero-order valence-corrected chi connectivity index (χ0v) is 11.2. The molecular weight excluding hydrogens is 261 g/mol. The molecule has 108 valence electrons. The lowest BCUT2D eigenvalue weighted by molar-refractivity contribution is -0.384. The van der Waals surface area contributed by atoms with Gasteiger partial charge in [-0.3, -0.25) is 10.1 Å². The Bertz CT molecular complexity index is 517. The lowest BCUT2D eigenvalue weighted by atomic mass is 10.0. The molecule has 2 aliphatic heterocycles. The number of hydrogen-bond acceptors (Lipinski definition) is 4. The lowest BCUT2D eigenvalue weighted by Gasteiger charge is -2.31. The number of nitro benzene ring substituents is 1. The monoisotopic (exact) mass is 279 g/mol. The summed E-state index contributed by atoms with van der Waals surface area (Å²) in [5.41, 5.74) is 0.419. The molecule has 0 saturated carbocycles. The number of benzene rings is 1. The van der Waals surface area contributed by atoms with Crippen molar-refractivity contribution in [3.8, 4) is 0 Å². The fourth-order valence-corrected chi connectivity index (χ4v) is 3.44. The maximum Gasteiger partial charge on any atom is 0.295 e. The highest BCUT2D eigenvalue weighted by atomic mass is 19.1. The third-order valence-electron chi connectivity index (χ3n) is 4.31. The Balaban J connectivity index is 1.92. The Morgan fingerprint density at radius 2 is 2.20 bits per heavy atom. The third-order valence-corrected chi connectivity index (χ3v) is 4.31. The van der Waals surface area contributed by atoms with Crippen LogP contribution in [0.3, 0.4) is 0 Å². The van der Waals surface area contributed by atoms with E-state index in [4.69, 9.17) is 0 Å². The molecule has 2 unspecified atom stereocenters. The average molecular weight is 279 g/mol. The quantitative estimate of drug-likeness (QED) is 0.682. The predicted octanol–water partition coefficient (Wildman–Crippen LogP) is 2.45. The van der Waals surface area contributed by atoms with Gasteiger partial charge in [0.05, 0.1) is 11.0 Å². The van der Waals surface area contributed by atoms with E-state index in [-0.39, 0.29) is 11.7 Å². The zero-order chi connectivity index (χ0) is 14.1. The van der Waals surface area contributed by atoms with Crippen LogP contribution >= 0.6 is 0 Å². The van der Waals surface area contributed by atoms with Crippen LogP contribution in [0.2, 0.25) is 0 Å². The summed E-state index contributed by atoms with van der Waals surface area (Å²) in [4.78, 5) is 12.7. The maximum absolute atomic E-state index is 13.3. The fourth-order valence-electron chi connectivity index (χ4n) is 3.44. The Hall–Kier alpha value is -1.69. The molecule has 20 heavy (non-hydrogen) atoms. The van der Waals surface area contributed by atoms with Gasteiger partial charge in [0.15, 0.2) is 0 Å². The van der Waals surface area contributed by atoms with Crippen molar-refractivity contribution in [1.29, 1.82) is 0 Å². The minimum absolute atomic E-state index is 0.130. The molecule has 6 heteroatoms. The van der Waals surface area contributed by atoms with Crippen LogP contribution in [0.4, 0.5) is 15.8 Å². The van der Waals surface area contributed by atoms with E-state index in [0.717, 1.165) is 44.8 Å². The first kappa shape index (κ1) is 13.3. The first-order valence-corrected chi connectivity index (χ1v) is 7.11. The summed E-state index contributed by atoms with van der Waals surface area (Å²) in [5, 5.41) is 14.6. The van der Waals surface area contributed by atoms with Gasteiger partial charge in [0.25, 0.3) is 5.69 Å². The van der Waals surface area contributed by atoms with Gasteiger partial charge in [0.2, 0.25) is 0 Å². The first-order valence-electron chi connectivity index (χ1n) is 7.11.